The minimum absolute atomic E-state index is 0.0420. The van der Waals surface area contributed by atoms with Gasteiger partial charge in [-0.15, -0.1) is 0 Å². The highest BCUT2D eigenvalue weighted by Crippen LogP contribution is 2.24. The van der Waals surface area contributed by atoms with Crippen LogP contribution in [0.25, 0.3) is 0 Å². The van der Waals surface area contributed by atoms with Gasteiger partial charge in [-0.05, 0) is 35.4 Å². The molecule has 3 nitrogen and oxygen atoms in total. The monoisotopic (exact) mass is 342 g/mol. The number of halogens is 2. The van der Waals surface area contributed by atoms with E-state index in [9.17, 15) is 9.00 Å². The highest BCUT2D eigenvalue weighted by molar-refractivity contribution is 7.84. The van der Waals surface area contributed by atoms with Crippen molar-refractivity contribution in [3.05, 3.63) is 63.6 Å². The molecule has 1 atom stereocenters. The van der Waals surface area contributed by atoms with Crippen molar-refractivity contribution in [2.45, 2.75) is 17.1 Å². The Morgan fingerprint density at radius 2 is 1.62 bits per heavy atom. The summed E-state index contributed by atoms with van der Waals surface area (Å²) in [5.41, 5.74) is 1.51. The molecule has 0 aliphatic carbocycles. The number of carbonyl (C=O) groups is 1. The summed E-state index contributed by atoms with van der Waals surface area (Å²) in [6.45, 7) is 0. The fraction of sp³-hybridized carbons (Fsp3) is 0.133. The average molecular weight is 343 g/mol. The van der Waals surface area contributed by atoms with Gasteiger partial charge in [-0.1, -0.05) is 41.4 Å². The SMILES string of the molecule is O=C(O)Cc1ccc(S(=O)Cc2ccc(Cl)c(Cl)c2)cc1. The lowest BCUT2D eigenvalue weighted by atomic mass is 10.2. The Morgan fingerprint density at radius 3 is 2.19 bits per heavy atom. The van der Waals surface area contributed by atoms with E-state index in [1.807, 2.05) is 0 Å². The van der Waals surface area contributed by atoms with Crippen LogP contribution in [0.1, 0.15) is 11.1 Å². The molecule has 0 bridgehead atoms. The van der Waals surface area contributed by atoms with E-state index < -0.39 is 16.8 Å². The van der Waals surface area contributed by atoms with E-state index in [1.54, 1.807) is 42.5 Å². The largest absolute Gasteiger partial charge is 0.481 e. The smallest absolute Gasteiger partial charge is 0.307 e. The lowest BCUT2D eigenvalue weighted by Crippen LogP contribution is -2.01. The standard InChI is InChI=1S/C15H12Cl2O3S/c16-13-6-3-11(7-14(13)17)9-21(20)12-4-1-10(2-5-12)8-15(18)19/h1-7H,8-9H2,(H,18,19). The first-order chi connectivity index (χ1) is 9.95. The number of rotatable bonds is 5. The maximum absolute atomic E-state index is 12.3. The number of benzene rings is 2. The maximum atomic E-state index is 12.3. The Labute approximate surface area is 135 Å². The van der Waals surface area contributed by atoms with Crippen LogP contribution in [0.2, 0.25) is 10.0 Å². The molecule has 21 heavy (non-hydrogen) atoms. The molecule has 110 valence electrons. The molecule has 1 N–H and O–H groups in total. The van der Waals surface area contributed by atoms with Crippen LogP contribution in [0, 0.1) is 0 Å². The third-order valence-electron chi connectivity index (χ3n) is 2.82. The third-order valence-corrected chi connectivity index (χ3v) is 4.96. The van der Waals surface area contributed by atoms with Crippen LogP contribution in [0.15, 0.2) is 47.4 Å². The van der Waals surface area contributed by atoms with Gasteiger partial charge in [-0.2, -0.15) is 0 Å². The molecule has 2 rings (SSSR count). The molecule has 0 radical (unpaired) electrons. The van der Waals surface area contributed by atoms with Gasteiger partial charge in [0, 0.05) is 4.90 Å². The van der Waals surface area contributed by atoms with Crippen molar-refractivity contribution in [1.29, 1.82) is 0 Å². The van der Waals surface area contributed by atoms with Crippen molar-refractivity contribution in [3.63, 3.8) is 0 Å². The lowest BCUT2D eigenvalue weighted by Gasteiger charge is -2.05. The molecular weight excluding hydrogens is 331 g/mol. The van der Waals surface area contributed by atoms with Gasteiger partial charge in [0.2, 0.25) is 0 Å². The van der Waals surface area contributed by atoms with Crippen molar-refractivity contribution in [2.75, 3.05) is 0 Å². The zero-order valence-corrected chi connectivity index (χ0v) is 13.2. The van der Waals surface area contributed by atoms with Gasteiger partial charge in [0.25, 0.3) is 0 Å². The molecule has 1 unspecified atom stereocenters. The molecule has 0 spiro atoms. The summed E-state index contributed by atoms with van der Waals surface area (Å²) in [5, 5.41) is 9.60. The molecule has 0 saturated carbocycles. The van der Waals surface area contributed by atoms with Crippen molar-refractivity contribution in [3.8, 4) is 0 Å². The van der Waals surface area contributed by atoms with E-state index >= 15 is 0 Å². The van der Waals surface area contributed by atoms with Crippen molar-refractivity contribution in [2.24, 2.45) is 0 Å². The average Bonchev–Trinajstić information content (AvgIpc) is 2.43. The molecule has 2 aromatic carbocycles. The zero-order valence-electron chi connectivity index (χ0n) is 10.9. The molecule has 0 saturated heterocycles. The Balaban J connectivity index is 2.09. The highest BCUT2D eigenvalue weighted by atomic mass is 35.5. The summed E-state index contributed by atoms with van der Waals surface area (Å²) < 4.78 is 12.3. The van der Waals surface area contributed by atoms with E-state index in [1.165, 1.54) is 0 Å². The molecule has 0 heterocycles. The van der Waals surface area contributed by atoms with E-state index in [4.69, 9.17) is 28.3 Å². The minimum atomic E-state index is -1.22. The minimum Gasteiger partial charge on any atom is -0.481 e. The summed E-state index contributed by atoms with van der Waals surface area (Å²) >= 11 is 11.8. The van der Waals surface area contributed by atoms with Crippen LogP contribution in [-0.4, -0.2) is 15.3 Å². The topological polar surface area (TPSA) is 54.4 Å². The second-order valence-corrected chi connectivity index (χ2v) is 6.72. The normalized spacial score (nSPS) is 12.1. The molecular formula is C15H12Cl2O3S. The van der Waals surface area contributed by atoms with Gasteiger partial charge in [-0.3, -0.25) is 9.00 Å². The highest BCUT2D eigenvalue weighted by Gasteiger charge is 2.08. The van der Waals surface area contributed by atoms with Gasteiger partial charge in [0.15, 0.2) is 0 Å². The van der Waals surface area contributed by atoms with Gasteiger partial charge < -0.3 is 5.11 Å². The third kappa shape index (κ3) is 4.56. The molecule has 0 aromatic heterocycles. The molecule has 0 amide bonds. The maximum Gasteiger partial charge on any atom is 0.307 e. The molecule has 0 aliphatic heterocycles. The van der Waals surface area contributed by atoms with Crippen LogP contribution in [0.4, 0.5) is 0 Å². The second-order valence-electron chi connectivity index (χ2n) is 4.45. The molecule has 6 heteroatoms. The van der Waals surface area contributed by atoms with E-state index in [-0.39, 0.29) is 6.42 Å². The van der Waals surface area contributed by atoms with Crippen LogP contribution in [0.5, 0.6) is 0 Å². The number of carboxylic acids is 1. The number of carboxylic acid groups (broad SMARTS) is 1. The quantitative estimate of drug-likeness (QED) is 0.895. The Hall–Kier alpha value is -1.36. The first-order valence-corrected chi connectivity index (χ1v) is 8.16. The summed E-state index contributed by atoms with van der Waals surface area (Å²) in [6, 6.07) is 11.9. The fourth-order valence-electron chi connectivity index (χ4n) is 1.80. The van der Waals surface area contributed by atoms with Crippen molar-refractivity contribution in [1.82, 2.24) is 0 Å². The number of hydrogen-bond donors (Lipinski definition) is 1. The van der Waals surface area contributed by atoms with Crippen LogP contribution in [0.3, 0.4) is 0 Å². The Bertz CT molecular complexity index is 684. The summed E-state index contributed by atoms with van der Waals surface area (Å²) in [6.07, 6.45) is -0.0420. The summed E-state index contributed by atoms with van der Waals surface area (Å²) in [5.74, 6) is -0.561. The van der Waals surface area contributed by atoms with Gasteiger partial charge >= 0.3 is 5.97 Å². The first kappa shape index (κ1) is 16.0. The van der Waals surface area contributed by atoms with E-state index in [0.29, 0.717) is 26.3 Å². The predicted octanol–water partition coefficient (Wildman–Crippen LogP) is 3.93. The first-order valence-electron chi connectivity index (χ1n) is 6.09. The van der Waals surface area contributed by atoms with Crippen molar-refractivity contribution < 1.29 is 14.1 Å². The summed E-state index contributed by atoms with van der Waals surface area (Å²) in [4.78, 5) is 11.3. The van der Waals surface area contributed by atoms with Gasteiger partial charge in [0.1, 0.15) is 0 Å². The number of hydrogen-bond acceptors (Lipinski definition) is 2. The predicted molar refractivity (Wildman–Crippen MR) is 84.4 cm³/mol. The van der Waals surface area contributed by atoms with Gasteiger partial charge in [0.05, 0.1) is 33.0 Å². The fourth-order valence-corrected chi connectivity index (χ4v) is 3.21. The van der Waals surface area contributed by atoms with Crippen molar-refractivity contribution >= 4 is 40.0 Å². The lowest BCUT2D eigenvalue weighted by molar-refractivity contribution is -0.136. The van der Waals surface area contributed by atoms with Gasteiger partial charge in [-0.25, -0.2) is 0 Å². The number of aliphatic carboxylic acids is 1. The zero-order chi connectivity index (χ0) is 15.4. The Kier molecular flexibility index (Phi) is 5.39. The van der Waals surface area contributed by atoms with Crippen LogP contribution in [-0.2, 0) is 27.8 Å². The van der Waals surface area contributed by atoms with E-state index in [2.05, 4.69) is 0 Å². The van der Waals surface area contributed by atoms with Crippen LogP contribution < -0.4 is 0 Å². The Morgan fingerprint density at radius 1 is 1.00 bits per heavy atom. The summed E-state index contributed by atoms with van der Waals surface area (Å²) in [7, 11) is -1.22. The molecule has 0 fully saturated rings. The van der Waals surface area contributed by atoms with Crippen LogP contribution >= 0.6 is 23.2 Å². The molecule has 0 aliphatic rings. The molecule has 2 aromatic rings. The van der Waals surface area contributed by atoms with E-state index in [0.717, 1.165) is 5.56 Å². The second kappa shape index (κ2) is 7.07.